The first-order valence-electron chi connectivity index (χ1n) is 6.38. The Hall–Kier alpha value is -1.67. The number of anilines is 1. The Kier molecular flexibility index (Phi) is 4.69. The summed E-state index contributed by atoms with van der Waals surface area (Å²) >= 11 is 6.20. The molecule has 3 heteroatoms. The Morgan fingerprint density at radius 1 is 1.11 bits per heavy atom. The number of halogens is 1. The third-order valence-electron chi connectivity index (χ3n) is 3.13. The molecule has 0 spiro atoms. The molecule has 2 nitrogen and oxygen atoms in total. The summed E-state index contributed by atoms with van der Waals surface area (Å²) in [5.41, 5.74) is 3.39. The van der Waals surface area contributed by atoms with Crippen LogP contribution in [-0.4, -0.2) is 7.11 Å². The summed E-state index contributed by atoms with van der Waals surface area (Å²) in [5, 5.41) is 4.08. The van der Waals surface area contributed by atoms with Gasteiger partial charge in [-0.3, -0.25) is 0 Å². The number of hydrogen-bond donors (Lipinski definition) is 1. The minimum Gasteiger partial charge on any atom is -0.496 e. The Morgan fingerprint density at radius 3 is 2.47 bits per heavy atom. The lowest BCUT2D eigenvalue weighted by Crippen LogP contribution is -2.02. The Labute approximate surface area is 119 Å². The summed E-state index contributed by atoms with van der Waals surface area (Å²) in [6, 6.07) is 14.1. The highest BCUT2D eigenvalue weighted by Gasteiger charge is 2.07. The molecule has 0 aliphatic heterocycles. The number of ether oxygens (including phenoxy) is 1. The van der Waals surface area contributed by atoms with Crippen LogP contribution in [0.2, 0.25) is 5.02 Å². The molecule has 0 unspecified atom stereocenters. The second-order valence-electron chi connectivity index (χ2n) is 4.32. The van der Waals surface area contributed by atoms with E-state index in [1.54, 1.807) is 7.11 Å². The van der Waals surface area contributed by atoms with Crippen LogP contribution >= 0.6 is 11.6 Å². The van der Waals surface area contributed by atoms with Crippen molar-refractivity contribution in [3.05, 3.63) is 58.6 Å². The number of nitrogens with one attached hydrogen (secondary N) is 1. The number of methoxy groups -OCH3 is 1. The van der Waals surface area contributed by atoms with Gasteiger partial charge in [0, 0.05) is 22.8 Å². The zero-order valence-electron chi connectivity index (χ0n) is 11.2. The normalized spacial score (nSPS) is 10.3. The van der Waals surface area contributed by atoms with Crippen LogP contribution in [0.4, 0.5) is 5.69 Å². The van der Waals surface area contributed by atoms with Gasteiger partial charge in [-0.05, 0) is 36.2 Å². The molecule has 0 amide bonds. The highest BCUT2D eigenvalue weighted by Crippen LogP contribution is 2.27. The monoisotopic (exact) mass is 275 g/mol. The predicted molar refractivity (Wildman–Crippen MR) is 81.2 cm³/mol. The molecule has 2 aromatic carbocycles. The quantitative estimate of drug-likeness (QED) is 0.866. The van der Waals surface area contributed by atoms with Gasteiger partial charge in [0.15, 0.2) is 0 Å². The minimum atomic E-state index is 0.647. The molecule has 0 aliphatic carbocycles. The highest BCUT2D eigenvalue weighted by atomic mass is 35.5. The number of rotatable bonds is 5. The second-order valence-corrected chi connectivity index (χ2v) is 4.73. The molecule has 0 aliphatic rings. The molecule has 1 N–H and O–H groups in total. The van der Waals surface area contributed by atoms with Crippen molar-refractivity contribution in [3.8, 4) is 5.75 Å². The summed E-state index contributed by atoms with van der Waals surface area (Å²) < 4.78 is 5.33. The van der Waals surface area contributed by atoms with Crippen molar-refractivity contribution in [2.24, 2.45) is 0 Å². The van der Waals surface area contributed by atoms with E-state index in [0.717, 1.165) is 28.4 Å². The zero-order valence-corrected chi connectivity index (χ0v) is 12.0. The molecular formula is C16H18ClNO. The third kappa shape index (κ3) is 3.42. The molecule has 0 saturated heterocycles. The molecule has 0 bridgehead atoms. The maximum atomic E-state index is 6.20. The Balaban J connectivity index is 2.09. The molecule has 2 rings (SSSR count). The highest BCUT2D eigenvalue weighted by molar-refractivity contribution is 6.31. The topological polar surface area (TPSA) is 21.3 Å². The van der Waals surface area contributed by atoms with E-state index in [1.165, 1.54) is 5.56 Å². The molecule has 19 heavy (non-hydrogen) atoms. The van der Waals surface area contributed by atoms with E-state index >= 15 is 0 Å². The lowest BCUT2D eigenvalue weighted by Gasteiger charge is -2.12. The predicted octanol–water partition coefficient (Wildman–Crippen LogP) is 4.52. The maximum absolute atomic E-state index is 6.20. The van der Waals surface area contributed by atoms with Gasteiger partial charge in [-0.25, -0.2) is 0 Å². The van der Waals surface area contributed by atoms with Gasteiger partial charge in [-0.1, -0.05) is 36.7 Å². The van der Waals surface area contributed by atoms with Crippen molar-refractivity contribution >= 4 is 17.3 Å². The average Bonchev–Trinajstić information content (AvgIpc) is 2.46. The van der Waals surface area contributed by atoms with E-state index in [2.05, 4.69) is 36.5 Å². The number of benzene rings is 2. The Bertz CT molecular complexity index is 537. The van der Waals surface area contributed by atoms with E-state index in [-0.39, 0.29) is 0 Å². The smallest absolute Gasteiger partial charge is 0.125 e. The van der Waals surface area contributed by atoms with Crippen LogP contribution in [0.5, 0.6) is 5.75 Å². The van der Waals surface area contributed by atoms with Crippen LogP contribution in [-0.2, 0) is 13.0 Å². The molecule has 0 heterocycles. The first-order valence-corrected chi connectivity index (χ1v) is 6.76. The van der Waals surface area contributed by atoms with Gasteiger partial charge in [0.05, 0.1) is 7.11 Å². The lowest BCUT2D eigenvalue weighted by molar-refractivity contribution is 0.410. The molecular weight excluding hydrogens is 258 g/mol. The van der Waals surface area contributed by atoms with Gasteiger partial charge in [0.2, 0.25) is 0 Å². The van der Waals surface area contributed by atoms with Gasteiger partial charge in [0.25, 0.3) is 0 Å². The molecule has 0 atom stereocenters. The van der Waals surface area contributed by atoms with Gasteiger partial charge in [-0.2, -0.15) is 0 Å². The standard InChI is InChI=1S/C16H18ClNO/c1-3-12-7-9-13(10-8-12)18-11-14-15(17)5-4-6-16(14)19-2/h4-10,18H,3,11H2,1-2H3. The number of hydrogen-bond acceptors (Lipinski definition) is 2. The fourth-order valence-corrected chi connectivity index (χ4v) is 2.18. The van der Waals surface area contributed by atoms with Crippen molar-refractivity contribution < 1.29 is 4.74 Å². The van der Waals surface area contributed by atoms with Gasteiger partial charge >= 0.3 is 0 Å². The van der Waals surface area contributed by atoms with Crippen LogP contribution in [0, 0.1) is 0 Å². The maximum Gasteiger partial charge on any atom is 0.125 e. The largest absolute Gasteiger partial charge is 0.496 e. The van der Waals surface area contributed by atoms with Crippen LogP contribution in [0.15, 0.2) is 42.5 Å². The van der Waals surface area contributed by atoms with Crippen LogP contribution in [0.1, 0.15) is 18.1 Å². The zero-order chi connectivity index (χ0) is 13.7. The SMILES string of the molecule is CCc1ccc(NCc2c(Cl)cccc2OC)cc1. The van der Waals surface area contributed by atoms with E-state index in [9.17, 15) is 0 Å². The van der Waals surface area contributed by atoms with E-state index in [1.807, 2.05) is 18.2 Å². The average molecular weight is 276 g/mol. The fraction of sp³-hybridized carbons (Fsp3) is 0.250. The van der Waals surface area contributed by atoms with Crippen LogP contribution in [0.3, 0.4) is 0 Å². The fourth-order valence-electron chi connectivity index (χ4n) is 1.95. The van der Waals surface area contributed by atoms with E-state index < -0.39 is 0 Å². The summed E-state index contributed by atoms with van der Waals surface area (Å²) in [4.78, 5) is 0. The molecule has 0 fully saturated rings. The van der Waals surface area contributed by atoms with E-state index in [0.29, 0.717) is 6.54 Å². The summed E-state index contributed by atoms with van der Waals surface area (Å²) in [6.07, 6.45) is 1.05. The van der Waals surface area contributed by atoms with Crippen LogP contribution < -0.4 is 10.1 Å². The van der Waals surface area contributed by atoms with Gasteiger partial charge < -0.3 is 10.1 Å². The van der Waals surface area contributed by atoms with Crippen molar-refractivity contribution in [3.63, 3.8) is 0 Å². The first-order chi connectivity index (χ1) is 9.24. The summed E-state index contributed by atoms with van der Waals surface area (Å²) in [7, 11) is 1.66. The minimum absolute atomic E-state index is 0.647. The summed E-state index contributed by atoms with van der Waals surface area (Å²) in [6.45, 7) is 2.80. The van der Waals surface area contributed by atoms with Gasteiger partial charge in [-0.15, -0.1) is 0 Å². The molecule has 0 aromatic heterocycles. The lowest BCUT2D eigenvalue weighted by atomic mass is 10.1. The molecule has 0 saturated carbocycles. The van der Waals surface area contributed by atoms with Crippen molar-refractivity contribution in [1.29, 1.82) is 0 Å². The molecule has 0 radical (unpaired) electrons. The number of aryl methyl sites for hydroxylation is 1. The molecule has 2 aromatic rings. The first kappa shape index (κ1) is 13.8. The van der Waals surface area contributed by atoms with Crippen molar-refractivity contribution in [2.75, 3.05) is 12.4 Å². The second kappa shape index (κ2) is 6.48. The Morgan fingerprint density at radius 2 is 1.84 bits per heavy atom. The van der Waals surface area contributed by atoms with Crippen molar-refractivity contribution in [2.45, 2.75) is 19.9 Å². The van der Waals surface area contributed by atoms with E-state index in [4.69, 9.17) is 16.3 Å². The van der Waals surface area contributed by atoms with Gasteiger partial charge in [0.1, 0.15) is 5.75 Å². The van der Waals surface area contributed by atoms with Crippen LogP contribution in [0.25, 0.3) is 0 Å². The van der Waals surface area contributed by atoms with Crippen molar-refractivity contribution in [1.82, 2.24) is 0 Å². The molecule has 100 valence electrons. The summed E-state index contributed by atoms with van der Waals surface area (Å²) in [5.74, 6) is 0.810. The third-order valence-corrected chi connectivity index (χ3v) is 3.48.